The molecule has 0 bridgehead atoms. The van der Waals surface area contributed by atoms with Crippen LogP contribution in [0.2, 0.25) is 5.02 Å². The van der Waals surface area contributed by atoms with E-state index in [1.54, 1.807) is 0 Å². The molecule has 0 amide bonds. The van der Waals surface area contributed by atoms with Crippen LogP contribution in [-0.4, -0.2) is 24.1 Å². The van der Waals surface area contributed by atoms with E-state index >= 15 is 0 Å². The lowest BCUT2D eigenvalue weighted by molar-refractivity contribution is -0.118. The maximum atomic E-state index is 13.2. The molecular formula is C10H10ClF4N3. The molecule has 1 heterocycles. The maximum Gasteiger partial charge on any atom is 0.408 e. The monoisotopic (exact) mass is 283 g/mol. The third-order valence-corrected chi connectivity index (χ3v) is 2.44. The minimum absolute atomic E-state index is 0.0532. The first-order valence-corrected chi connectivity index (χ1v) is 5.23. The summed E-state index contributed by atoms with van der Waals surface area (Å²) in [5.41, 5.74) is -0.219. The van der Waals surface area contributed by atoms with Gasteiger partial charge in [0.1, 0.15) is 12.7 Å². The molecule has 0 radical (unpaired) electrons. The van der Waals surface area contributed by atoms with Gasteiger partial charge in [-0.3, -0.25) is 4.99 Å². The zero-order valence-electron chi connectivity index (χ0n) is 9.38. The molecule has 0 spiro atoms. The van der Waals surface area contributed by atoms with E-state index in [1.165, 1.54) is 19.2 Å². The van der Waals surface area contributed by atoms with Crippen molar-refractivity contribution in [2.45, 2.75) is 19.3 Å². The molecule has 0 saturated carbocycles. The zero-order chi connectivity index (χ0) is 13.9. The molecule has 0 aliphatic carbocycles. The van der Waals surface area contributed by atoms with Gasteiger partial charge in [-0.25, -0.2) is 9.07 Å². The summed E-state index contributed by atoms with van der Waals surface area (Å²) in [7, 11) is 0. The van der Waals surface area contributed by atoms with Crippen LogP contribution in [0.3, 0.4) is 0 Å². The highest BCUT2D eigenvalue weighted by atomic mass is 35.5. The molecule has 0 N–H and O–H groups in total. The van der Waals surface area contributed by atoms with Crippen LogP contribution in [0.5, 0.6) is 0 Å². The van der Waals surface area contributed by atoms with Crippen LogP contribution in [-0.2, 0) is 0 Å². The van der Waals surface area contributed by atoms with E-state index in [9.17, 15) is 17.6 Å². The van der Waals surface area contributed by atoms with Gasteiger partial charge in [-0.15, -0.1) is 0 Å². The van der Waals surface area contributed by atoms with Crippen LogP contribution >= 0.6 is 11.6 Å². The Morgan fingerprint density at radius 3 is 2.56 bits per heavy atom. The Morgan fingerprint density at radius 1 is 1.50 bits per heavy atom. The predicted molar refractivity (Wildman–Crippen MR) is 60.4 cm³/mol. The Labute approximate surface area is 105 Å². The van der Waals surface area contributed by atoms with Crippen molar-refractivity contribution in [1.82, 2.24) is 4.68 Å². The van der Waals surface area contributed by atoms with E-state index in [4.69, 9.17) is 11.6 Å². The van der Waals surface area contributed by atoms with Crippen molar-refractivity contribution in [3.05, 3.63) is 28.3 Å². The van der Waals surface area contributed by atoms with Gasteiger partial charge in [-0.2, -0.15) is 18.3 Å². The zero-order valence-corrected chi connectivity index (χ0v) is 10.1. The quantitative estimate of drug-likeness (QED) is 0.603. The first-order chi connectivity index (χ1) is 8.26. The Hall–Kier alpha value is -1.37. The van der Waals surface area contributed by atoms with Gasteiger partial charge in [0, 0.05) is 18.5 Å². The normalized spacial score (nSPS) is 14.7. The van der Waals surface area contributed by atoms with E-state index in [1.807, 2.05) is 0 Å². The van der Waals surface area contributed by atoms with Crippen molar-refractivity contribution in [2.75, 3.05) is 6.54 Å². The smallest absolute Gasteiger partial charge is 0.256 e. The summed E-state index contributed by atoms with van der Waals surface area (Å²) in [6.45, 7) is 2.97. The molecule has 0 aliphatic rings. The summed E-state index contributed by atoms with van der Waals surface area (Å²) in [5.74, 6) is 0. The average Bonchev–Trinajstić information content (AvgIpc) is 2.25. The van der Waals surface area contributed by atoms with Gasteiger partial charge in [0.05, 0.1) is 5.02 Å². The lowest BCUT2D eigenvalue weighted by Gasteiger charge is -2.09. The molecule has 1 aromatic rings. The highest BCUT2D eigenvalue weighted by Crippen LogP contribution is 2.22. The van der Waals surface area contributed by atoms with Gasteiger partial charge in [0.2, 0.25) is 0 Å². The second-order valence-corrected chi connectivity index (χ2v) is 3.82. The van der Waals surface area contributed by atoms with Crippen LogP contribution in [0, 0.1) is 0 Å². The molecule has 0 saturated heterocycles. The predicted octanol–water partition coefficient (Wildman–Crippen LogP) is 3.10. The number of nitrogens with zero attached hydrogens (tertiary/aromatic N) is 3. The molecule has 0 aliphatic heterocycles. The summed E-state index contributed by atoms with van der Waals surface area (Å²) in [4.78, 5) is 3.30. The van der Waals surface area contributed by atoms with Crippen molar-refractivity contribution in [1.29, 1.82) is 0 Å². The Bertz CT molecular complexity index is 505. The van der Waals surface area contributed by atoms with Gasteiger partial charge in [-0.05, 0) is 13.0 Å². The van der Waals surface area contributed by atoms with Crippen molar-refractivity contribution < 1.29 is 17.6 Å². The summed E-state index contributed by atoms with van der Waals surface area (Å²) in [6, 6.07) is 1.31. The summed E-state index contributed by atoms with van der Waals surface area (Å²) in [5, 5.41) is 3.23. The van der Waals surface area contributed by atoms with E-state index in [2.05, 4.69) is 16.8 Å². The molecule has 1 aromatic heterocycles. The molecule has 0 fully saturated rings. The maximum absolute atomic E-state index is 13.2. The van der Waals surface area contributed by atoms with E-state index in [0.29, 0.717) is 0 Å². The molecule has 1 unspecified atom stereocenters. The highest BCUT2D eigenvalue weighted by molar-refractivity contribution is 6.31. The average molecular weight is 284 g/mol. The molecule has 100 valence electrons. The van der Waals surface area contributed by atoms with Crippen LogP contribution in [0.4, 0.5) is 17.6 Å². The third kappa shape index (κ3) is 3.56. The highest BCUT2D eigenvalue weighted by Gasteiger charge is 2.26. The Morgan fingerprint density at radius 2 is 2.11 bits per heavy atom. The van der Waals surface area contributed by atoms with E-state index < -0.39 is 18.9 Å². The fourth-order valence-corrected chi connectivity index (χ4v) is 1.61. The van der Waals surface area contributed by atoms with E-state index in [0.717, 1.165) is 4.68 Å². The van der Waals surface area contributed by atoms with Gasteiger partial charge in [0.25, 0.3) is 0 Å². The van der Waals surface area contributed by atoms with Crippen molar-refractivity contribution >= 4 is 18.3 Å². The van der Waals surface area contributed by atoms with Crippen molar-refractivity contribution in [2.24, 2.45) is 10.1 Å². The van der Waals surface area contributed by atoms with Crippen LogP contribution < -0.4 is 5.49 Å². The standard InChI is InChI=1S/C10H10ClF4N3/c1-6(12)7-3-4-18(16-2)9(8(7)11)17-5-10(13,14)15/h3-4,6H,2,5H2,1H3. The van der Waals surface area contributed by atoms with Crippen molar-refractivity contribution in [3.63, 3.8) is 0 Å². The number of halogens is 5. The van der Waals surface area contributed by atoms with Crippen LogP contribution in [0.25, 0.3) is 0 Å². The Kier molecular flexibility index (Phi) is 4.50. The molecule has 18 heavy (non-hydrogen) atoms. The number of aromatic nitrogens is 1. The van der Waals surface area contributed by atoms with Gasteiger partial charge in [-0.1, -0.05) is 11.6 Å². The van der Waals surface area contributed by atoms with E-state index in [-0.39, 0.29) is 16.1 Å². The topological polar surface area (TPSA) is 29.6 Å². The molecule has 3 nitrogen and oxygen atoms in total. The fourth-order valence-electron chi connectivity index (χ4n) is 1.25. The molecular weight excluding hydrogens is 274 g/mol. The van der Waals surface area contributed by atoms with Crippen molar-refractivity contribution in [3.8, 4) is 0 Å². The second-order valence-electron chi connectivity index (χ2n) is 3.44. The largest absolute Gasteiger partial charge is 0.408 e. The first kappa shape index (κ1) is 14.7. The summed E-state index contributed by atoms with van der Waals surface area (Å²) in [6.07, 6.45) is -4.64. The fraction of sp³-hybridized carbons (Fsp3) is 0.400. The molecule has 1 rings (SSSR count). The lowest BCUT2D eigenvalue weighted by atomic mass is 10.2. The Balaban J connectivity index is 3.39. The first-order valence-electron chi connectivity index (χ1n) is 4.85. The molecule has 1 atom stereocenters. The second kappa shape index (κ2) is 5.51. The number of hydrogen-bond donors (Lipinski definition) is 0. The molecule has 0 aromatic carbocycles. The minimum Gasteiger partial charge on any atom is -0.256 e. The van der Waals surface area contributed by atoms with Crippen LogP contribution in [0.1, 0.15) is 18.7 Å². The lowest BCUT2D eigenvalue weighted by Crippen LogP contribution is -2.23. The number of rotatable bonds is 3. The number of alkyl halides is 4. The van der Waals surface area contributed by atoms with Gasteiger partial charge >= 0.3 is 6.18 Å². The summed E-state index contributed by atoms with van der Waals surface area (Å²) < 4.78 is 50.4. The summed E-state index contributed by atoms with van der Waals surface area (Å²) >= 11 is 5.81. The number of pyridine rings is 1. The third-order valence-electron chi connectivity index (χ3n) is 2.05. The number of hydrogen-bond acceptors (Lipinski definition) is 2. The van der Waals surface area contributed by atoms with Gasteiger partial charge in [0.15, 0.2) is 5.49 Å². The molecule has 8 heteroatoms. The van der Waals surface area contributed by atoms with Crippen LogP contribution in [0.15, 0.2) is 22.4 Å². The van der Waals surface area contributed by atoms with Gasteiger partial charge < -0.3 is 0 Å². The minimum atomic E-state index is -4.47. The SMILES string of the molecule is C=Nn1ccc(C(C)F)c(Cl)c1=NCC(F)(F)F.